The van der Waals surface area contributed by atoms with E-state index in [0.29, 0.717) is 11.5 Å². The first-order valence-electron chi connectivity index (χ1n) is 9.79. The van der Waals surface area contributed by atoms with Crippen molar-refractivity contribution in [2.24, 2.45) is 5.92 Å². The van der Waals surface area contributed by atoms with Gasteiger partial charge in [0.05, 0.1) is 34.6 Å². The van der Waals surface area contributed by atoms with E-state index in [9.17, 15) is 4.79 Å². The third kappa shape index (κ3) is 2.89. The molecular weight excluding hydrogens is 378 g/mol. The number of carbonyl (C=O) groups is 1. The first kappa shape index (κ1) is 16.8. The number of fused-ring (bicyclic) bond motifs is 2. The number of imidazole rings is 1. The summed E-state index contributed by atoms with van der Waals surface area (Å²) in [6, 6.07) is 9.87. The van der Waals surface area contributed by atoms with Crippen LogP contribution in [0.3, 0.4) is 0 Å². The fourth-order valence-corrected chi connectivity index (χ4v) is 3.60. The summed E-state index contributed by atoms with van der Waals surface area (Å²) in [6.07, 6.45) is 8.87. The molecule has 8 nitrogen and oxygen atoms in total. The fourth-order valence-electron chi connectivity index (χ4n) is 3.60. The van der Waals surface area contributed by atoms with E-state index in [-0.39, 0.29) is 11.8 Å². The highest BCUT2D eigenvalue weighted by Gasteiger charge is 2.29. The Balaban J connectivity index is 1.40. The minimum absolute atomic E-state index is 0.0703. The normalized spacial score (nSPS) is 13.7. The van der Waals surface area contributed by atoms with Gasteiger partial charge in [0.1, 0.15) is 5.69 Å². The molecule has 1 amide bonds. The minimum atomic E-state index is 0.0703. The van der Waals surface area contributed by atoms with E-state index < -0.39 is 0 Å². The van der Waals surface area contributed by atoms with Gasteiger partial charge in [-0.05, 0) is 42.7 Å². The molecule has 4 aromatic heterocycles. The smallest absolute Gasteiger partial charge is 0.227 e. The van der Waals surface area contributed by atoms with Crippen molar-refractivity contribution in [3.63, 3.8) is 0 Å². The van der Waals surface area contributed by atoms with Crippen LogP contribution in [-0.2, 0) is 4.79 Å². The number of benzene rings is 1. The maximum absolute atomic E-state index is 12.1. The second-order valence-corrected chi connectivity index (χ2v) is 7.54. The van der Waals surface area contributed by atoms with Crippen molar-refractivity contribution in [2.45, 2.75) is 12.8 Å². The van der Waals surface area contributed by atoms with Gasteiger partial charge in [-0.1, -0.05) is 6.07 Å². The molecule has 1 aliphatic rings. The van der Waals surface area contributed by atoms with Crippen molar-refractivity contribution in [2.75, 3.05) is 5.32 Å². The number of hydrogen-bond donors (Lipinski definition) is 3. The Morgan fingerprint density at radius 3 is 2.80 bits per heavy atom. The Morgan fingerprint density at radius 1 is 1.00 bits per heavy atom. The highest BCUT2D eigenvalue weighted by atomic mass is 16.2. The van der Waals surface area contributed by atoms with Gasteiger partial charge in [0.25, 0.3) is 0 Å². The molecule has 0 aliphatic heterocycles. The number of hydrogen-bond acceptors (Lipinski definition) is 5. The quantitative estimate of drug-likeness (QED) is 0.427. The van der Waals surface area contributed by atoms with Crippen LogP contribution in [0.25, 0.3) is 44.6 Å². The molecule has 0 bridgehead atoms. The summed E-state index contributed by atoms with van der Waals surface area (Å²) in [5.74, 6) is 0.906. The zero-order valence-corrected chi connectivity index (χ0v) is 15.9. The van der Waals surface area contributed by atoms with Crippen LogP contribution in [0.1, 0.15) is 12.8 Å². The van der Waals surface area contributed by atoms with Crippen molar-refractivity contribution in [3.8, 4) is 22.6 Å². The Morgan fingerprint density at radius 2 is 1.93 bits per heavy atom. The summed E-state index contributed by atoms with van der Waals surface area (Å²) in [7, 11) is 0. The molecule has 30 heavy (non-hydrogen) atoms. The van der Waals surface area contributed by atoms with Crippen LogP contribution < -0.4 is 5.32 Å². The van der Waals surface area contributed by atoms with Crippen LogP contribution in [-0.4, -0.2) is 36.0 Å². The van der Waals surface area contributed by atoms with E-state index in [2.05, 4.69) is 41.5 Å². The average molecular weight is 395 g/mol. The van der Waals surface area contributed by atoms with Gasteiger partial charge in [-0.25, -0.2) is 4.98 Å². The number of carbonyl (C=O) groups excluding carboxylic acids is 1. The van der Waals surface area contributed by atoms with Crippen LogP contribution in [0.2, 0.25) is 0 Å². The predicted molar refractivity (Wildman–Crippen MR) is 114 cm³/mol. The molecular formula is C22H17N7O. The van der Waals surface area contributed by atoms with Crippen molar-refractivity contribution in [1.29, 1.82) is 0 Å². The number of aromatic amines is 2. The van der Waals surface area contributed by atoms with Crippen molar-refractivity contribution >= 4 is 33.5 Å². The number of amides is 1. The largest absolute Gasteiger partial charge is 0.335 e. The summed E-state index contributed by atoms with van der Waals surface area (Å²) in [6.45, 7) is 0. The Labute approximate surface area is 170 Å². The summed E-state index contributed by atoms with van der Waals surface area (Å²) in [5.41, 5.74) is 5.98. The predicted octanol–water partition coefficient (Wildman–Crippen LogP) is 3.91. The molecule has 1 aromatic carbocycles. The van der Waals surface area contributed by atoms with Gasteiger partial charge in [-0.15, -0.1) is 0 Å². The Hall–Kier alpha value is -4.07. The van der Waals surface area contributed by atoms with E-state index in [1.807, 2.05) is 24.3 Å². The lowest BCUT2D eigenvalue weighted by molar-refractivity contribution is -0.117. The molecule has 0 spiro atoms. The molecule has 1 saturated carbocycles. The highest BCUT2D eigenvalue weighted by Crippen LogP contribution is 2.32. The van der Waals surface area contributed by atoms with Crippen LogP contribution in [0, 0.1) is 5.92 Å². The van der Waals surface area contributed by atoms with Crippen LogP contribution >= 0.6 is 0 Å². The molecule has 4 heterocycles. The van der Waals surface area contributed by atoms with Crippen LogP contribution in [0.4, 0.5) is 5.69 Å². The van der Waals surface area contributed by atoms with E-state index in [4.69, 9.17) is 0 Å². The van der Waals surface area contributed by atoms with Gasteiger partial charge in [0.2, 0.25) is 5.91 Å². The first-order chi connectivity index (χ1) is 14.7. The molecule has 6 rings (SSSR count). The zero-order valence-electron chi connectivity index (χ0n) is 15.9. The minimum Gasteiger partial charge on any atom is -0.335 e. The third-order valence-corrected chi connectivity index (χ3v) is 5.36. The molecule has 1 fully saturated rings. The number of rotatable bonds is 4. The fraction of sp³-hybridized carbons (Fsp3) is 0.136. The standard InChI is InChI=1S/C22H17N7O/c30-22(12-1-2-12)25-15-7-14(9-24-10-15)13-3-4-17-16(8-13)20(29-28-17)21-26-18-5-6-23-11-19(18)27-21/h3-12H,1-2H2,(H,25,30)(H,26,27)(H,28,29). The SMILES string of the molecule is O=C(Nc1cncc(-c2ccc3[nH]nc(-c4nc5ccncc5[nH]4)c3c2)c1)C1CC1. The molecule has 0 saturated heterocycles. The number of H-pyrrole nitrogens is 2. The van der Waals surface area contributed by atoms with Crippen LogP contribution in [0.5, 0.6) is 0 Å². The molecule has 0 atom stereocenters. The Kier molecular flexibility index (Phi) is 3.64. The molecule has 0 radical (unpaired) electrons. The second kappa shape index (κ2) is 6.48. The topological polar surface area (TPSA) is 112 Å². The van der Waals surface area contributed by atoms with E-state index in [0.717, 1.165) is 51.6 Å². The number of anilines is 1. The molecule has 8 heteroatoms. The summed E-state index contributed by atoms with van der Waals surface area (Å²) < 4.78 is 0. The van der Waals surface area contributed by atoms with E-state index >= 15 is 0 Å². The summed E-state index contributed by atoms with van der Waals surface area (Å²) >= 11 is 0. The van der Waals surface area contributed by atoms with Gasteiger partial charge >= 0.3 is 0 Å². The lowest BCUT2D eigenvalue weighted by atomic mass is 10.0. The molecule has 1 aliphatic carbocycles. The van der Waals surface area contributed by atoms with E-state index in [1.165, 1.54) is 0 Å². The van der Waals surface area contributed by atoms with E-state index in [1.54, 1.807) is 24.8 Å². The third-order valence-electron chi connectivity index (χ3n) is 5.36. The average Bonchev–Trinajstić information content (AvgIpc) is 3.40. The maximum atomic E-state index is 12.1. The molecule has 146 valence electrons. The van der Waals surface area contributed by atoms with Crippen molar-refractivity contribution < 1.29 is 4.79 Å². The lowest BCUT2D eigenvalue weighted by Crippen LogP contribution is -2.13. The maximum Gasteiger partial charge on any atom is 0.227 e. The molecule has 5 aromatic rings. The van der Waals surface area contributed by atoms with Crippen molar-refractivity contribution in [1.82, 2.24) is 30.1 Å². The van der Waals surface area contributed by atoms with Gasteiger partial charge < -0.3 is 10.3 Å². The number of nitrogens with one attached hydrogen (secondary N) is 3. The van der Waals surface area contributed by atoms with Gasteiger partial charge in [-0.3, -0.25) is 19.9 Å². The van der Waals surface area contributed by atoms with Gasteiger partial charge in [-0.2, -0.15) is 5.10 Å². The second-order valence-electron chi connectivity index (χ2n) is 7.54. The van der Waals surface area contributed by atoms with Crippen molar-refractivity contribution in [3.05, 3.63) is 55.1 Å². The number of aromatic nitrogens is 6. The van der Waals surface area contributed by atoms with Crippen LogP contribution in [0.15, 0.2) is 55.1 Å². The molecule has 0 unspecified atom stereocenters. The Bertz CT molecular complexity index is 1380. The van der Waals surface area contributed by atoms with Gasteiger partial charge in [0, 0.05) is 29.3 Å². The lowest BCUT2D eigenvalue weighted by Gasteiger charge is -2.07. The molecule has 3 N–H and O–H groups in total. The highest BCUT2D eigenvalue weighted by molar-refractivity contribution is 5.97. The number of pyridine rings is 2. The summed E-state index contributed by atoms with van der Waals surface area (Å²) in [4.78, 5) is 28.4. The summed E-state index contributed by atoms with van der Waals surface area (Å²) in [5, 5.41) is 11.4. The monoisotopic (exact) mass is 395 g/mol. The zero-order chi connectivity index (χ0) is 20.1. The van der Waals surface area contributed by atoms with Gasteiger partial charge in [0.15, 0.2) is 5.82 Å². The number of nitrogens with zero attached hydrogens (tertiary/aromatic N) is 4. The first-order valence-corrected chi connectivity index (χ1v) is 9.79.